The Bertz CT molecular complexity index is 61.5. The van der Waals surface area contributed by atoms with E-state index in [1.54, 1.807) is 0 Å². The summed E-state index contributed by atoms with van der Waals surface area (Å²) >= 11 is 0. The van der Waals surface area contributed by atoms with Gasteiger partial charge in [-0.2, -0.15) is 0 Å². The standard InChI is InChI=1S/C8H19N/c1-5-6-9-7-8(2,3)4/h9H,5-7H2,1-4H3. The first kappa shape index (κ1) is 8.96. The minimum Gasteiger partial charge on any atom is -0.316 e. The summed E-state index contributed by atoms with van der Waals surface area (Å²) in [6, 6.07) is 0. The van der Waals surface area contributed by atoms with Gasteiger partial charge in [-0.1, -0.05) is 27.7 Å². The molecule has 0 heterocycles. The summed E-state index contributed by atoms with van der Waals surface area (Å²) < 4.78 is 0. The first-order valence-corrected chi connectivity index (χ1v) is 3.77. The number of rotatable bonds is 3. The average Bonchev–Trinajstić information content (AvgIpc) is 1.63. The summed E-state index contributed by atoms with van der Waals surface area (Å²) in [7, 11) is 0. The maximum atomic E-state index is 3.38. The molecule has 0 atom stereocenters. The van der Waals surface area contributed by atoms with Gasteiger partial charge in [-0.3, -0.25) is 0 Å². The molecule has 0 aliphatic heterocycles. The van der Waals surface area contributed by atoms with E-state index in [1.165, 1.54) is 6.42 Å². The molecule has 0 rings (SSSR count). The van der Waals surface area contributed by atoms with E-state index in [-0.39, 0.29) is 0 Å². The molecule has 9 heavy (non-hydrogen) atoms. The molecule has 0 saturated heterocycles. The average molecular weight is 129 g/mol. The van der Waals surface area contributed by atoms with Crippen LogP contribution >= 0.6 is 0 Å². The van der Waals surface area contributed by atoms with Crippen LogP contribution in [0.3, 0.4) is 0 Å². The second-order valence-corrected chi connectivity index (χ2v) is 3.74. The van der Waals surface area contributed by atoms with E-state index in [1.807, 2.05) is 0 Å². The molecule has 56 valence electrons. The first-order chi connectivity index (χ1) is 4.06. The monoisotopic (exact) mass is 129 g/mol. The van der Waals surface area contributed by atoms with Crippen LogP contribution in [0.15, 0.2) is 0 Å². The lowest BCUT2D eigenvalue weighted by molar-refractivity contribution is 0.381. The second kappa shape index (κ2) is 3.89. The Hall–Kier alpha value is -0.0400. The van der Waals surface area contributed by atoms with Gasteiger partial charge in [0.1, 0.15) is 0 Å². The van der Waals surface area contributed by atoms with Crippen LogP contribution in [0.25, 0.3) is 0 Å². The first-order valence-electron chi connectivity index (χ1n) is 3.77. The van der Waals surface area contributed by atoms with Gasteiger partial charge in [-0.05, 0) is 24.9 Å². The molecule has 0 radical (unpaired) electrons. The minimum absolute atomic E-state index is 0.440. The van der Waals surface area contributed by atoms with Crippen LogP contribution in [0.2, 0.25) is 0 Å². The van der Waals surface area contributed by atoms with E-state index < -0.39 is 0 Å². The van der Waals surface area contributed by atoms with E-state index in [0.29, 0.717) is 5.41 Å². The summed E-state index contributed by atoms with van der Waals surface area (Å²) in [5.41, 5.74) is 0.440. The molecule has 1 nitrogen and oxygen atoms in total. The summed E-state index contributed by atoms with van der Waals surface area (Å²) in [5, 5.41) is 3.38. The van der Waals surface area contributed by atoms with E-state index in [4.69, 9.17) is 0 Å². The SMILES string of the molecule is CCCNCC(C)(C)C. The summed E-state index contributed by atoms with van der Waals surface area (Å²) in [6.07, 6.45) is 1.23. The Labute approximate surface area is 58.8 Å². The highest BCUT2D eigenvalue weighted by molar-refractivity contribution is 4.63. The maximum Gasteiger partial charge on any atom is -0.0000127 e. The van der Waals surface area contributed by atoms with Crippen molar-refractivity contribution >= 4 is 0 Å². The van der Waals surface area contributed by atoms with Crippen molar-refractivity contribution in [2.45, 2.75) is 34.1 Å². The Morgan fingerprint density at radius 3 is 2.11 bits per heavy atom. The third-order valence-corrected chi connectivity index (χ3v) is 1.08. The van der Waals surface area contributed by atoms with Gasteiger partial charge < -0.3 is 5.32 Å². The van der Waals surface area contributed by atoms with Gasteiger partial charge in [0.15, 0.2) is 0 Å². The third kappa shape index (κ3) is 7.96. The molecule has 0 unspecified atom stereocenters. The fourth-order valence-corrected chi connectivity index (χ4v) is 0.640. The summed E-state index contributed by atoms with van der Waals surface area (Å²) in [6.45, 7) is 11.2. The van der Waals surface area contributed by atoms with Crippen molar-refractivity contribution in [1.29, 1.82) is 0 Å². The molecular weight excluding hydrogens is 110 g/mol. The smallest absolute Gasteiger partial charge is 0.0000127 e. The van der Waals surface area contributed by atoms with E-state index in [2.05, 4.69) is 33.0 Å². The van der Waals surface area contributed by atoms with Crippen molar-refractivity contribution in [3.05, 3.63) is 0 Å². The van der Waals surface area contributed by atoms with Gasteiger partial charge in [0, 0.05) is 0 Å². The Morgan fingerprint density at radius 1 is 1.22 bits per heavy atom. The molecule has 0 aromatic carbocycles. The lowest BCUT2D eigenvalue weighted by Gasteiger charge is -2.18. The predicted octanol–water partition coefficient (Wildman–Crippen LogP) is 2.03. The second-order valence-electron chi connectivity index (χ2n) is 3.74. The van der Waals surface area contributed by atoms with Crippen molar-refractivity contribution in [1.82, 2.24) is 5.32 Å². The van der Waals surface area contributed by atoms with Gasteiger partial charge in [-0.15, -0.1) is 0 Å². The van der Waals surface area contributed by atoms with Crippen LogP contribution in [-0.4, -0.2) is 13.1 Å². The van der Waals surface area contributed by atoms with Crippen molar-refractivity contribution in [3.63, 3.8) is 0 Å². The molecular formula is C8H19N. The summed E-state index contributed by atoms with van der Waals surface area (Å²) in [4.78, 5) is 0. The zero-order chi connectivity index (χ0) is 7.33. The molecule has 0 aliphatic carbocycles. The van der Waals surface area contributed by atoms with E-state index >= 15 is 0 Å². The summed E-state index contributed by atoms with van der Waals surface area (Å²) in [5.74, 6) is 0. The van der Waals surface area contributed by atoms with Crippen LogP contribution in [0.5, 0.6) is 0 Å². The minimum atomic E-state index is 0.440. The Kier molecular flexibility index (Phi) is 3.87. The molecule has 0 bridgehead atoms. The van der Waals surface area contributed by atoms with E-state index in [0.717, 1.165) is 13.1 Å². The lowest BCUT2D eigenvalue weighted by atomic mass is 9.97. The van der Waals surface area contributed by atoms with Crippen LogP contribution in [0.4, 0.5) is 0 Å². The number of hydrogen-bond donors (Lipinski definition) is 1. The maximum absolute atomic E-state index is 3.38. The highest BCUT2D eigenvalue weighted by Crippen LogP contribution is 2.09. The lowest BCUT2D eigenvalue weighted by Crippen LogP contribution is -2.27. The van der Waals surface area contributed by atoms with Gasteiger partial charge in [0.05, 0.1) is 0 Å². The van der Waals surface area contributed by atoms with Gasteiger partial charge in [-0.25, -0.2) is 0 Å². The molecule has 1 N–H and O–H groups in total. The molecule has 0 aromatic rings. The molecule has 0 spiro atoms. The molecule has 0 fully saturated rings. The van der Waals surface area contributed by atoms with Crippen LogP contribution in [-0.2, 0) is 0 Å². The van der Waals surface area contributed by atoms with Crippen molar-refractivity contribution in [2.75, 3.05) is 13.1 Å². The van der Waals surface area contributed by atoms with Crippen molar-refractivity contribution in [2.24, 2.45) is 5.41 Å². The Morgan fingerprint density at radius 2 is 1.78 bits per heavy atom. The predicted molar refractivity (Wildman–Crippen MR) is 42.6 cm³/mol. The molecule has 0 saturated carbocycles. The molecule has 0 aliphatic rings. The normalized spacial score (nSPS) is 12.0. The zero-order valence-electron chi connectivity index (χ0n) is 7.12. The fraction of sp³-hybridized carbons (Fsp3) is 1.00. The van der Waals surface area contributed by atoms with Gasteiger partial charge in [0.2, 0.25) is 0 Å². The quantitative estimate of drug-likeness (QED) is 0.575. The van der Waals surface area contributed by atoms with Gasteiger partial charge in [0.25, 0.3) is 0 Å². The Balaban J connectivity index is 3.07. The van der Waals surface area contributed by atoms with Crippen LogP contribution < -0.4 is 5.32 Å². The number of nitrogens with one attached hydrogen (secondary N) is 1. The highest BCUT2D eigenvalue weighted by atomic mass is 14.9. The van der Waals surface area contributed by atoms with Crippen LogP contribution in [0, 0.1) is 5.41 Å². The zero-order valence-corrected chi connectivity index (χ0v) is 7.12. The van der Waals surface area contributed by atoms with Gasteiger partial charge >= 0.3 is 0 Å². The number of hydrogen-bond acceptors (Lipinski definition) is 1. The van der Waals surface area contributed by atoms with Crippen LogP contribution in [0.1, 0.15) is 34.1 Å². The topological polar surface area (TPSA) is 12.0 Å². The molecule has 0 aromatic heterocycles. The van der Waals surface area contributed by atoms with Crippen molar-refractivity contribution in [3.8, 4) is 0 Å². The fourth-order valence-electron chi connectivity index (χ4n) is 0.640. The molecule has 1 heteroatoms. The third-order valence-electron chi connectivity index (χ3n) is 1.08. The molecule has 0 amide bonds. The largest absolute Gasteiger partial charge is 0.316 e. The highest BCUT2D eigenvalue weighted by Gasteiger charge is 2.07. The van der Waals surface area contributed by atoms with E-state index in [9.17, 15) is 0 Å². The van der Waals surface area contributed by atoms with Crippen molar-refractivity contribution < 1.29 is 0 Å².